The van der Waals surface area contributed by atoms with Crippen LogP contribution in [-0.2, 0) is 0 Å². The highest BCUT2D eigenvalue weighted by atomic mass is 28.2. The van der Waals surface area contributed by atoms with Crippen molar-refractivity contribution >= 4 is 63.0 Å². The highest BCUT2D eigenvalue weighted by Gasteiger charge is 2.22. The van der Waals surface area contributed by atoms with Crippen LogP contribution in [0, 0.1) is 0 Å². The minimum atomic E-state index is 0.804. The predicted octanol–water partition coefficient (Wildman–Crippen LogP) is 3.71. The van der Waals surface area contributed by atoms with Gasteiger partial charge in [-0.1, -0.05) is 60.7 Å². The van der Waals surface area contributed by atoms with Crippen LogP contribution in [0.5, 0.6) is 0 Å². The summed E-state index contributed by atoms with van der Waals surface area (Å²) in [4.78, 5) is 0. The van der Waals surface area contributed by atoms with E-state index in [1.54, 1.807) is 0 Å². The van der Waals surface area contributed by atoms with E-state index < -0.39 is 0 Å². The van der Waals surface area contributed by atoms with E-state index >= 15 is 0 Å². The molecule has 0 fully saturated rings. The van der Waals surface area contributed by atoms with Crippen molar-refractivity contribution in [1.29, 1.82) is 0 Å². The van der Waals surface area contributed by atoms with Crippen molar-refractivity contribution < 1.29 is 0 Å². The fraction of sp³-hybridized carbons (Fsp3) is 0. The Labute approximate surface area is 124 Å². The Morgan fingerprint density at radius 2 is 1.00 bits per heavy atom. The van der Waals surface area contributed by atoms with E-state index in [9.17, 15) is 0 Å². The van der Waals surface area contributed by atoms with Crippen molar-refractivity contribution in [2.45, 2.75) is 0 Å². The van der Waals surface area contributed by atoms with Crippen LogP contribution in [0.15, 0.2) is 60.7 Å². The molecule has 0 spiro atoms. The van der Waals surface area contributed by atoms with Gasteiger partial charge in [-0.15, -0.1) is 0 Å². The Morgan fingerprint density at radius 1 is 0.476 bits per heavy atom. The molecule has 0 aliphatic carbocycles. The van der Waals surface area contributed by atoms with E-state index in [0.717, 1.165) is 9.52 Å². The van der Waals surface area contributed by atoms with Crippen LogP contribution in [-0.4, -0.2) is 9.52 Å². The molecule has 0 nitrogen and oxygen atoms in total. The summed E-state index contributed by atoms with van der Waals surface area (Å²) < 4.78 is 0. The summed E-state index contributed by atoms with van der Waals surface area (Å²) in [5, 5.41) is 14.6. The molecule has 0 amide bonds. The fourth-order valence-electron chi connectivity index (χ4n) is 4.08. The lowest BCUT2D eigenvalue weighted by molar-refractivity contribution is 1.82. The first kappa shape index (κ1) is 10.4. The first-order chi connectivity index (χ1) is 10.4. The maximum atomic E-state index is 2.33. The molecule has 6 rings (SSSR count). The molecular weight excluding hydrogens is 268 g/mol. The van der Waals surface area contributed by atoms with Gasteiger partial charge >= 0.3 is 0 Å². The molecule has 5 aromatic rings. The molecule has 0 bridgehead atoms. The molecular formula is C20H10Si. The van der Waals surface area contributed by atoms with E-state index in [2.05, 4.69) is 60.7 Å². The third kappa shape index (κ3) is 1.06. The Bertz CT molecular complexity index is 1110. The van der Waals surface area contributed by atoms with Crippen LogP contribution in [0.4, 0.5) is 0 Å². The normalized spacial score (nSPS) is 13.5. The molecule has 0 N–H and O–H groups in total. The van der Waals surface area contributed by atoms with Crippen LogP contribution in [0.2, 0.25) is 0 Å². The lowest BCUT2D eigenvalue weighted by Gasteiger charge is -2.13. The van der Waals surface area contributed by atoms with Gasteiger partial charge in [-0.25, -0.2) is 0 Å². The van der Waals surface area contributed by atoms with Crippen LogP contribution in [0.25, 0.3) is 43.1 Å². The molecule has 94 valence electrons. The zero-order valence-electron chi connectivity index (χ0n) is 11.3. The largest absolute Gasteiger partial charge is 0.123 e. The maximum absolute atomic E-state index is 2.33. The molecule has 1 heterocycles. The average Bonchev–Trinajstić information content (AvgIpc) is 2.93. The molecule has 1 aliphatic rings. The minimum Gasteiger partial charge on any atom is -0.0619 e. The lowest BCUT2D eigenvalue weighted by Crippen LogP contribution is -2.20. The second-order valence-electron chi connectivity index (χ2n) is 5.91. The number of hydrogen-bond acceptors (Lipinski definition) is 0. The van der Waals surface area contributed by atoms with Crippen molar-refractivity contribution in [3.05, 3.63) is 60.7 Å². The number of hydrogen-bond donors (Lipinski definition) is 0. The molecule has 2 radical (unpaired) electrons. The quantitative estimate of drug-likeness (QED) is 0.226. The summed E-state index contributed by atoms with van der Waals surface area (Å²) >= 11 is 0. The fourth-order valence-corrected chi connectivity index (χ4v) is 5.45. The van der Waals surface area contributed by atoms with Crippen molar-refractivity contribution in [3.63, 3.8) is 0 Å². The smallest absolute Gasteiger partial charge is 0.0619 e. The summed E-state index contributed by atoms with van der Waals surface area (Å²) in [7, 11) is 0.804. The zero-order chi connectivity index (χ0) is 13.6. The van der Waals surface area contributed by atoms with Gasteiger partial charge in [0.2, 0.25) is 0 Å². The second-order valence-corrected chi connectivity index (χ2v) is 7.24. The van der Waals surface area contributed by atoms with Crippen molar-refractivity contribution in [1.82, 2.24) is 0 Å². The molecule has 0 unspecified atom stereocenters. The third-order valence-electron chi connectivity index (χ3n) is 4.90. The molecule has 0 saturated carbocycles. The SMILES string of the molecule is c1cc2ccc3c4c5c(ccc6cccc(c(c1)c24)c65)[Si]3. The number of benzene rings is 5. The van der Waals surface area contributed by atoms with E-state index in [0.29, 0.717) is 0 Å². The van der Waals surface area contributed by atoms with Gasteiger partial charge in [0, 0.05) is 0 Å². The summed E-state index contributed by atoms with van der Waals surface area (Å²) in [6, 6.07) is 22.7. The van der Waals surface area contributed by atoms with Crippen molar-refractivity contribution in [2.75, 3.05) is 0 Å². The van der Waals surface area contributed by atoms with Gasteiger partial charge in [0.25, 0.3) is 0 Å². The van der Waals surface area contributed by atoms with Gasteiger partial charge in [0.15, 0.2) is 0 Å². The summed E-state index contributed by atoms with van der Waals surface area (Å²) in [6.45, 7) is 0. The minimum absolute atomic E-state index is 0.804. The molecule has 5 aromatic carbocycles. The van der Waals surface area contributed by atoms with Crippen LogP contribution >= 0.6 is 0 Å². The standard InChI is InChI=1S/C20H10Si/c1-3-11-7-9-15-19-17(11)13(5-1)14-6-2-4-12-8-10-16(21-15)20(19)18(12)14/h1-10H. The first-order valence-electron chi connectivity index (χ1n) is 7.31. The Hall–Kier alpha value is -2.38. The van der Waals surface area contributed by atoms with Crippen molar-refractivity contribution in [3.8, 4) is 0 Å². The Balaban J connectivity index is 2.18. The van der Waals surface area contributed by atoms with E-state index in [-0.39, 0.29) is 0 Å². The van der Waals surface area contributed by atoms with Crippen LogP contribution in [0.1, 0.15) is 0 Å². The van der Waals surface area contributed by atoms with Crippen LogP contribution < -0.4 is 10.4 Å². The van der Waals surface area contributed by atoms with Gasteiger partial charge in [-0.05, 0) is 53.5 Å². The average molecular weight is 278 g/mol. The van der Waals surface area contributed by atoms with Crippen molar-refractivity contribution in [2.24, 2.45) is 0 Å². The van der Waals surface area contributed by atoms with E-state index in [4.69, 9.17) is 0 Å². The summed E-state index contributed by atoms with van der Waals surface area (Å²) in [5.74, 6) is 0. The lowest BCUT2D eigenvalue weighted by atomic mass is 9.90. The predicted molar refractivity (Wildman–Crippen MR) is 92.7 cm³/mol. The number of fused-ring (bicyclic) bond motifs is 1. The topological polar surface area (TPSA) is 0 Å². The maximum Gasteiger partial charge on any atom is 0.123 e. The van der Waals surface area contributed by atoms with Gasteiger partial charge in [0.05, 0.1) is 0 Å². The van der Waals surface area contributed by atoms with Gasteiger partial charge in [-0.2, -0.15) is 0 Å². The Morgan fingerprint density at radius 3 is 1.52 bits per heavy atom. The Kier molecular flexibility index (Phi) is 1.61. The van der Waals surface area contributed by atoms with Gasteiger partial charge in [-0.3, -0.25) is 0 Å². The number of rotatable bonds is 0. The highest BCUT2D eigenvalue weighted by Crippen LogP contribution is 2.39. The molecule has 21 heavy (non-hydrogen) atoms. The summed E-state index contributed by atoms with van der Waals surface area (Å²) in [5.41, 5.74) is 0. The van der Waals surface area contributed by atoms with Crippen LogP contribution in [0.3, 0.4) is 0 Å². The molecule has 0 saturated heterocycles. The molecule has 0 atom stereocenters. The summed E-state index contributed by atoms with van der Waals surface area (Å²) in [6.07, 6.45) is 0. The third-order valence-corrected chi connectivity index (χ3v) is 6.27. The van der Waals surface area contributed by atoms with E-state index in [1.807, 2.05) is 0 Å². The van der Waals surface area contributed by atoms with Gasteiger partial charge in [0.1, 0.15) is 9.52 Å². The van der Waals surface area contributed by atoms with E-state index in [1.165, 1.54) is 53.5 Å². The molecule has 0 aromatic heterocycles. The monoisotopic (exact) mass is 278 g/mol. The second kappa shape index (κ2) is 3.26. The zero-order valence-corrected chi connectivity index (χ0v) is 12.3. The first-order valence-corrected chi connectivity index (χ1v) is 8.31. The highest BCUT2D eigenvalue weighted by molar-refractivity contribution is 6.78. The molecule has 1 aliphatic heterocycles. The van der Waals surface area contributed by atoms with Gasteiger partial charge < -0.3 is 0 Å². The molecule has 1 heteroatoms.